The lowest BCUT2D eigenvalue weighted by Crippen LogP contribution is -2.32. The van der Waals surface area contributed by atoms with Gasteiger partial charge in [0.2, 0.25) is 0 Å². The fourth-order valence-corrected chi connectivity index (χ4v) is 2.95. The van der Waals surface area contributed by atoms with Gasteiger partial charge >= 0.3 is 11.7 Å². The maximum absolute atomic E-state index is 12.5. The molecule has 1 aromatic heterocycles. The van der Waals surface area contributed by atoms with Crippen molar-refractivity contribution >= 4 is 39.0 Å². The third kappa shape index (κ3) is 4.37. The second-order valence-electron chi connectivity index (χ2n) is 5.62. The Balaban J connectivity index is 1.82. The van der Waals surface area contributed by atoms with Crippen LogP contribution in [-0.2, 0) is 9.53 Å². The highest BCUT2D eigenvalue weighted by Crippen LogP contribution is 2.25. The smallest absolute Gasteiger partial charge is 0.349 e. The number of para-hydroxylation sites is 1. The molecule has 8 nitrogen and oxygen atoms in total. The standard InChI is InChI=1S/C19H16BrN3O5/c1-2-27-17(24)11-28-16-8-7-12(9-14(16)20)10-21-23-18(25)13-5-3-4-6-15(13)22-19(23)26/h3-10H,2,11H2,1H3,(H,22,26). The first-order chi connectivity index (χ1) is 13.5. The van der Waals surface area contributed by atoms with Crippen molar-refractivity contribution in [2.45, 2.75) is 6.92 Å². The molecule has 3 rings (SSSR count). The van der Waals surface area contributed by atoms with Gasteiger partial charge in [-0.25, -0.2) is 9.59 Å². The number of aromatic nitrogens is 2. The molecule has 0 saturated carbocycles. The number of carbonyl (C=O) groups excluding carboxylic acids is 1. The summed E-state index contributed by atoms with van der Waals surface area (Å²) in [5.41, 5.74) is -0.0675. The molecular formula is C19H16BrN3O5. The molecule has 0 aliphatic heterocycles. The average Bonchev–Trinajstić information content (AvgIpc) is 2.67. The Morgan fingerprint density at radius 1 is 1.25 bits per heavy atom. The van der Waals surface area contributed by atoms with E-state index in [1.807, 2.05) is 0 Å². The monoisotopic (exact) mass is 445 g/mol. The van der Waals surface area contributed by atoms with Crippen molar-refractivity contribution in [1.82, 2.24) is 9.66 Å². The minimum absolute atomic E-state index is 0.207. The SMILES string of the molecule is CCOC(=O)COc1ccc(C=Nn2c(=O)[nH]c3ccccc3c2=O)cc1Br. The van der Waals surface area contributed by atoms with Gasteiger partial charge in [-0.2, -0.15) is 5.10 Å². The van der Waals surface area contributed by atoms with E-state index in [0.717, 1.165) is 4.68 Å². The first-order valence-electron chi connectivity index (χ1n) is 8.36. The molecule has 0 aliphatic carbocycles. The highest BCUT2D eigenvalue weighted by Gasteiger charge is 2.08. The van der Waals surface area contributed by atoms with Crippen molar-refractivity contribution < 1.29 is 14.3 Å². The zero-order chi connectivity index (χ0) is 20.1. The molecule has 1 N–H and O–H groups in total. The highest BCUT2D eigenvalue weighted by molar-refractivity contribution is 9.10. The third-order valence-electron chi connectivity index (χ3n) is 3.71. The Kier molecular flexibility index (Phi) is 6.05. The molecule has 0 saturated heterocycles. The van der Waals surface area contributed by atoms with Gasteiger partial charge in [0.1, 0.15) is 5.75 Å². The lowest BCUT2D eigenvalue weighted by molar-refractivity contribution is -0.145. The van der Waals surface area contributed by atoms with E-state index in [0.29, 0.717) is 26.7 Å². The van der Waals surface area contributed by atoms with Crippen LogP contribution >= 0.6 is 15.9 Å². The van der Waals surface area contributed by atoms with Gasteiger partial charge in [-0.3, -0.25) is 4.79 Å². The Labute approximate surface area is 167 Å². The second kappa shape index (κ2) is 8.66. The number of H-pyrrole nitrogens is 1. The Bertz CT molecular complexity index is 1170. The average molecular weight is 446 g/mol. The number of carbonyl (C=O) groups is 1. The Morgan fingerprint density at radius 2 is 2.04 bits per heavy atom. The van der Waals surface area contributed by atoms with Crippen LogP contribution in [0.2, 0.25) is 0 Å². The lowest BCUT2D eigenvalue weighted by Gasteiger charge is -2.08. The van der Waals surface area contributed by atoms with Gasteiger partial charge in [0.05, 0.1) is 28.2 Å². The number of fused-ring (bicyclic) bond motifs is 1. The fourth-order valence-electron chi connectivity index (χ4n) is 2.44. The molecule has 1 heterocycles. The van der Waals surface area contributed by atoms with Gasteiger partial charge in [-0.15, -0.1) is 4.68 Å². The summed E-state index contributed by atoms with van der Waals surface area (Å²) in [6.45, 7) is 1.79. The minimum Gasteiger partial charge on any atom is -0.481 e. The normalized spacial score (nSPS) is 11.1. The van der Waals surface area contributed by atoms with Crippen LogP contribution in [0.3, 0.4) is 0 Å². The van der Waals surface area contributed by atoms with Gasteiger partial charge in [-0.1, -0.05) is 12.1 Å². The summed E-state index contributed by atoms with van der Waals surface area (Å²) in [5.74, 6) is -0.0131. The summed E-state index contributed by atoms with van der Waals surface area (Å²) in [5, 5.41) is 4.36. The van der Waals surface area contributed by atoms with Gasteiger partial charge in [0, 0.05) is 0 Å². The highest BCUT2D eigenvalue weighted by atomic mass is 79.9. The molecule has 0 atom stereocenters. The van der Waals surface area contributed by atoms with Crippen LogP contribution in [-0.4, -0.2) is 35.1 Å². The number of halogens is 1. The molecule has 0 unspecified atom stereocenters. The number of hydrogen-bond acceptors (Lipinski definition) is 6. The van der Waals surface area contributed by atoms with Gasteiger partial charge in [-0.05, 0) is 58.7 Å². The third-order valence-corrected chi connectivity index (χ3v) is 4.33. The largest absolute Gasteiger partial charge is 0.481 e. The maximum atomic E-state index is 12.5. The number of benzene rings is 2. The second-order valence-corrected chi connectivity index (χ2v) is 6.48. The lowest BCUT2D eigenvalue weighted by atomic mass is 10.2. The summed E-state index contributed by atoms with van der Waals surface area (Å²) in [6.07, 6.45) is 1.38. The van der Waals surface area contributed by atoms with E-state index in [2.05, 4.69) is 26.0 Å². The van der Waals surface area contributed by atoms with Crippen molar-refractivity contribution in [3.05, 3.63) is 73.3 Å². The molecule has 0 fully saturated rings. The fraction of sp³-hybridized carbons (Fsp3) is 0.158. The maximum Gasteiger partial charge on any atom is 0.349 e. The topological polar surface area (TPSA) is 103 Å². The van der Waals surface area contributed by atoms with E-state index in [1.165, 1.54) is 6.21 Å². The number of nitrogens with zero attached hydrogens (tertiary/aromatic N) is 2. The van der Waals surface area contributed by atoms with Crippen molar-refractivity contribution in [3.8, 4) is 5.75 Å². The molecule has 0 radical (unpaired) electrons. The van der Waals surface area contributed by atoms with Crippen LogP contribution in [0.1, 0.15) is 12.5 Å². The molecule has 0 aliphatic rings. The van der Waals surface area contributed by atoms with Crippen LogP contribution in [0.4, 0.5) is 0 Å². The van der Waals surface area contributed by atoms with Crippen molar-refractivity contribution in [2.75, 3.05) is 13.2 Å². The molecule has 0 amide bonds. The Morgan fingerprint density at radius 3 is 2.79 bits per heavy atom. The van der Waals surface area contributed by atoms with Crippen LogP contribution in [0.25, 0.3) is 10.9 Å². The van der Waals surface area contributed by atoms with E-state index in [4.69, 9.17) is 9.47 Å². The molecular weight excluding hydrogens is 430 g/mol. The first-order valence-corrected chi connectivity index (χ1v) is 9.15. The summed E-state index contributed by atoms with van der Waals surface area (Å²) < 4.78 is 11.5. The number of ether oxygens (including phenoxy) is 2. The summed E-state index contributed by atoms with van der Waals surface area (Å²) in [4.78, 5) is 38.5. The predicted molar refractivity (Wildman–Crippen MR) is 108 cm³/mol. The van der Waals surface area contributed by atoms with E-state index in [-0.39, 0.29) is 13.2 Å². The van der Waals surface area contributed by atoms with Crippen LogP contribution in [0, 0.1) is 0 Å². The van der Waals surface area contributed by atoms with Gasteiger partial charge in [0.15, 0.2) is 6.61 Å². The predicted octanol–water partition coefficient (Wildman–Crippen LogP) is 2.28. The van der Waals surface area contributed by atoms with E-state index < -0.39 is 17.2 Å². The molecule has 144 valence electrons. The number of nitrogens with one attached hydrogen (secondary N) is 1. The van der Waals surface area contributed by atoms with Gasteiger partial charge in [0.25, 0.3) is 5.56 Å². The van der Waals surface area contributed by atoms with Crippen LogP contribution in [0.5, 0.6) is 5.75 Å². The number of hydrogen-bond donors (Lipinski definition) is 1. The zero-order valence-corrected chi connectivity index (χ0v) is 16.4. The first kappa shape index (κ1) is 19.6. The van der Waals surface area contributed by atoms with Crippen LogP contribution in [0.15, 0.2) is 61.6 Å². The molecule has 9 heteroatoms. The number of esters is 1. The quantitative estimate of drug-likeness (QED) is 0.463. The summed E-state index contributed by atoms with van der Waals surface area (Å²) in [7, 11) is 0. The van der Waals surface area contributed by atoms with E-state index in [9.17, 15) is 14.4 Å². The van der Waals surface area contributed by atoms with Crippen molar-refractivity contribution in [2.24, 2.45) is 5.10 Å². The number of rotatable bonds is 6. The van der Waals surface area contributed by atoms with Crippen molar-refractivity contribution in [3.63, 3.8) is 0 Å². The molecule has 2 aromatic carbocycles. The summed E-state index contributed by atoms with van der Waals surface area (Å²) >= 11 is 3.35. The molecule has 0 bridgehead atoms. The summed E-state index contributed by atoms with van der Waals surface area (Å²) in [6, 6.07) is 11.7. The minimum atomic E-state index is -0.631. The van der Waals surface area contributed by atoms with E-state index >= 15 is 0 Å². The van der Waals surface area contributed by atoms with Crippen molar-refractivity contribution in [1.29, 1.82) is 0 Å². The zero-order valence-electron chi connectivity index (χ0n) is 14.8. The van der Waals surface area contributed by atoms with Gasteiger partial charge < -0.3 is 14.5 Å². The number of aromatic amines is 1. The van der Waals surface area contributed by atoms with E-state index in [1.54, 1.807) is 49.4 Å². The molecule has 28 heavy (non-hydrogen) atoms. The molecule has 3 aromatic rings. The molecule has 0 spiro atoms. The Hall–Kier alpha value is -3.20. The van der Waals surface area contributed by atoms with Crippen LogP contribution < -0.4 is 16.0 Å².